The molecule has 2 aromatic carbocycles. The molecule has 0 radical (unpaired) electrons. The van der Waals surface area contributed by atoms with Gasteiger partial charge < -0.3 is 25.6 Å². The van der Waals surface area contributed by atoms with E-state index in [0.717, 1.165) is 36.4 Å². The first kappa shape index (κ1) is 21.1. The minimum Gasteiger partial charge on any atom is -0.508 e. The molecule has 29 heavy (non-hydrogen) atoms. The Kier molecular flexibility index (Phi) is 6.09. The molecule has 0 saturated heterocycles. The number of carbonyl (C=O) groups excluding carboxylic acids is 1. The number of nitrogens with two attached hydrogens (primary N) is 1. The van der Waals surface area contributed by atoms with E-state index in [1.165, 1.54) is 5.56 Å². The van der Waals surface area contributed by atoms with E-state index in [0.29, 0.717) is 10.8 Å². The molecule has 2 aliphatic rings. The molecule has 4 N–H and O–H groups in total. The van der Waals surface area contributed by atoms with E-state index in [2.05, 4.69) is 11.1 Å². The van der Waals surface area contributed by atoms with Gasteiger partial charge in [0.15, 0.2) is 11.5 Å². The van der Waals surface area contributed by atoms with Gasteiger partial charge in [-0.25, -0.2) is 0 Å². The van der Waals surface area contributed by atoms with E-state index in [9.17, 15) is 18.3 Å². The molecule has 0 spiro atoms. The minimum absolute atomic E-state index is 0.171. The van der Waals surface area contributed by atoms with E-state index in [1.54, 1.807) is 12.1 Å². The molecule has 2 heterocycles. The molecule has 1 unspecified atom stereocenters. The molecule has 2 aromatic rings. The Balaban J connectivity index is 0.000000298. The van der Waals surface area contributed by atoms with Crippen molar-refractivity contribution in [3.05, 3.63) is 52.0 Å². The van der Waals surface area contributed by atoms with Gasteiger partial charge in [-0.15, -0.1) is 0 Å². The number of rotatable bonds is 1. The number of hydrogen-bond donors (Lipinski definition) is 3. The topological polar surface area (TPSA) is 93.8 Å². The minimum atomic E-state index is -4.86. The normalized spacial score (nSPS) is 17.6. The summed E-state index contributed by atoms with van der Waals surface area (Å²) in [7, 11) is 0. The maximum atomic E-state index is 10.7. The van der Waals surface area contributed by atoms with E-state index >= 15 is 0 Å². The quantitative estimate of drug-likeness (QED) is 0.646. The van der Waals surface area contributed by atoms with Crippen LogP contribution in [-0.4, -0.2) is 37.1 Å². The van der Waals surface area contributed by atoms with E-state index < -0.39 is 12.1 Å². The molecule has 6 nitrogen and oxygen atoms in total. The third-order valence-electron chi connectivity index (χ3n) is 4.59. The maximum absolute atomic E-state index is 10.7. The Labute approximate surface area is 169 Å². The summed E-state index contributed by atoms with van der Waals surface area (Å²) < 4.78 is 43.1. The number of halogens is 4. The highest BCUT2D eigenvalue weighted by Gasteiger charge is 2.35. The summed E-state index contributed by atoms with van der Waals surface area (Å²) in [5, 5.41) is 13.6. The van der Waals surface area contributed by atoms with Gasteiger partial charge in [-0.1, -0.05) is 23.7 Å². The number of benzene rings is 2. The van der Waals surface area contributed by atoms with Crippen molar-refractivity contribution in [2.24, 2.45) is 5.73 Å². The Bertz CT molecular complexity index is 904. The molecule has 0 fully saturated rings. The smallest absolute Gasteiger partial charge is 0.470 e. The van der Waals surface area contributed by atoms with Gasteiger partial charge in [0.05, 0.1) is 5.02 Å². The fraction of sp³-hybridized carbons (Fsp3) is 0.316. The van der Waals surface area contributed by atoms with Crippen molar-refractivity contribution in [3.63, 3.8) is 0 Å². The second-order valence-corrected chi connectivity index (χ2v) is 6.83. The standard InChI is InChI=1S/C17H16ClNO3.C2H2F3NO/c18-16-12-5-6-19-8-14(10-1-3-11(20)4-2-10)13(12)7-15-17(16)22-9-21-15;3-2(4,5)1(6)7/h1-4,7,14,19-20H,5-6,8-9H2;(H2,6,7). The van der Waals surface area contributed by atoms with Gasteiger partial charge in [0, 0.05) is 12.5 Å². The molecular weight excluding hydrogens is 413 g/mol. The second kappa shape index (κ2) is 8.38. The number of hydrogen-bond acceptors (Lipinski definition) is 5. The number of ether oxygens (including phenoxy) is 2. The van der Waals surface area contributed by atoms with Crippen molar-refractivity contribution < 1.29 is 32.5 Å². The van der Waals surface area contributed by atoms with Gasteiger partial charge in [-0.2, -0.15) is 13.2 Å². The first-order valence-electron chi connectivity index (χ1n) is 8.65. The van der Waals surface area contributed by atoms with Crippen LogP contribution in [-0.2, 0) is 11.2 Å². The average molecular weight is 431 g/mol. The van der Waals surface area contributed by atoms with Gasteiger partial charge in [0.1, 0.15) is 5.75 Å². The summed E-state index contributed by atoms with van der Waals surface area (Å²) in [5.74, 6) is -0.437. The average Bonchev–Trinajstić information content (AvgIpc) is 3.03. The van der Waals surface area contributed by atoms with E-state index in [-0.39, 0.29) is 18.5 Å². The van der Waals surface area contributed by atoms with Crippen LogP contribution < -0.4 is 20.5 Å². The lowest BCUT2D eigenvalue weighted by atomic mass is 9.87. The van der Waals surface area contributed by atoms with Crippen LogP contribution in [0.25, 0.3) is 0 Å². The lowest BCUT2D eigenvalue weighted by Gasteiger charge is -2.20. The van der Waals surface area contributed by atoms with Gasteiger partial charge in [0.2, 0.25) is 6.79 Å². The van der Waals surface area contributed by atoms with Crippen molar-refractivity contribution in [3.8, 4) is 17.2 Å². The SMILES string of the molecule is NC(=O)C(F)(F)F.Oc1ccc(C2CNCCc3c2cc2c(c3Cl)OCO2)cc1. The second-order valence-electron chi connectivity index (χ2n) is 6.45. The Morgan fingerprint density at radius 2 is 1.90 bits per heavy atom. The van der Waals surface area contributed by atoms with Gasteiger partial charge in [-0.3, -0.25) is 4.79 Å². The summed E-state index contributed by atoms with van der Waals surface area (Å²) >= 11 is 6.55. The lowest BCUT2D eigenvalue weighted by molar-refractivity contribution is -0.169. The number of fused-ring (bicyclic) bond motifs is 2. The highest BCUT2D eigenvalue weighted by atomic mass is 35.5. The molecule has 2 aliphatic heterocycles. The largest absolute Gasteiger partial charge is 0.508 e. The zero-order valence-corrected chi connectivity index (χ0v) is 15.8. The molecule has 0 aliphatic carbocycles. The molecule has 156 valence electrons. The Morgan fingerprint density at radius 1 is 1.24 bits per heavy atom. The van der Waals surface area contributed by atoms with Crippen molar-refractivity contribution in [1.29, 1.82) is 0 Å². The highest BCUT2D eigenvalue weighted by Crippen LogP contribution is 2.46. The summed E-state index contributed by atoms with van der Waals surface area (Å²) in [6, 6.07) is 9.39. The van der Waals surface area contributed by atoms with Crippen molar-refractivity contribution in [1.82, 2.24) is 5.32 Å². The lowest BCUT2D eigenvalue weighted by Crippen LogP contribution is -2.30. The number of amides is 1. The summed E-state index contributed by atoms with van der Waals surface area (Å²) in [5.41, 5.74) is 7.24. The number of nitrogens with one attached hydrogen (secondary N) is 1. The van der Waals surface area contributed by atoms with Crippen LogP contribution in [0.1, 0.15) is 22.6 Å². The predicted octanol–water partition coefficient (Wildman–Crippen LogP) is 3.09. The van der Waals surface area contributed by atoms with Crippen LogP contribution >= 0.6 is 11.6 Å². The van der Waals surface area contributed by atoms with Crippen LogP contribution in [0.3, 0.4) is 0 Å². The van der Waals surface area contributed by atoms with Crippen LogP contribution in [0.5, 0.6) is 17.2 Å². The van der Waals surface area contributed by atoms with Crippen LogP contribution in [0.15, 0.2) is 30.3 Å². The van der Waals surface area contributed by atoms with Gasteiger partial charge in [-0.05, 0) is 47.9 Å². The maximum Gasteiger partial charge on any atom is 0.470 e. The summed E-state index contributed by atoms with van der Waals surface area (Å²) in [4.78, 5) is 9.12. The van der Waals surface area contributed by atoms with Crippen LogP contribution in [0, 0.1) is 0 Å². The molecule has 0 aromatic heterocycles. The number of aromatic hydroxyl groups is 1. The van der Waals surface area contributed by atoms with Crippen molar-refractivity contribution in [2.75, 3.05) is 19.9 Å². The molecule has 10 heteroatoms. The molecule has 0 bridgehead atoms. The van der Waals surface area contributed by atoms with Crippen molar-refractivity contribution >= 4 is 17.5 Å². The Hall–Kier alpha value is -2.65. The van der Waals surface area contributed by atoms with Gasteiger partial charge >= 0.3 is 12.1 Å². The zero-order chi connectivity index (χ0) is 21.2. The number of primary amides is 1. The molecular formula is C19H18ClF3N2O4. The molecule has 4 rings (SSSR count). The molecule has 1 amide bonds. The third kappa shape index (κ3) is 4.68. The first-order valence-corrected chi connectivity index (χ1v) is 9.03. The van der Waals surface area contributed by atoms with Gasteiger partial charge in [0.25, 0.3) is 0 Å². The summed E-state index contributed by atoms with van der Waals surface area (Å²) in [6.07, 6.45) is -4.00. The number of carbonyl (C=O) groups is 1. The molecule has 0 saturated carbocycles. The van der Waals surface area contributed by atoms with Crippen molar-refractivity contribution in [2.45, 2.75) is 18.5 Å². The monoisotopic (exact) mass is 430 g/mol. The third-order valence-corrected chi connectivity index (χ3v) is 4.99. The molecule has 1 atom stereocenters. The zero-order valence-electron chi connectivity index (χ0n) is 15.1. The first-order chi connectivity index (χ1) is 13.7. The summed E-state index contributed by atoms with van der Waals surface area (Å²) in [6.45, 7) is 1.93. The number of alkyl halides is 3. The van der Waals surface area contributed by atoms with E-state index in [4.69, 9.17) is 25.9 Å². The fourth-order valence-electron chi connectivity index (χ4n) is 3.20. The Morgan fingerprint density at radius 3 is 2.52 bits per heavy atom. The predicted molar refractivity (Wildman–Crippen MR) is 99.3 cm³/mol. The fourth-order valence-corrected chi connectivity index (χ4v) is 3.55. The number of phenols is 1. The van der Waals surface area contributed by atoms with Crippen LogP contribution in [0.4, 0.5) is 13.2 Å². The van der Waals surface area contributed by atoms with Crippen LogP contribution in [0.2, 0.25) is 5.02 Å². The van der Waals surface area contributed by atoms with E-state index in [1.807, 2.05) is 18.2 Å². The number of phenolic OH excluding ortho intramolecular Hbond substituents is 1. The highest BCUT2D eigenvalue weighted by molar-refractivity contribution is 6.33.